The summed E-state index contributed by atoms with van der Waals surface area (Å²) in [7, 11) is 1.53. The van der Waals surface area contributed by atoms with Crippen LogP contribution in [0.1, 0.15) is 36.9 Å². The summed E-state index contributed by atoms with van der Waals surface area (Å²) in [5, 5.41) is 20.2. The molecule has 0 aromatic heterocycles. The molecular weight excluding hydrogens is 478 g/mol. The van der Waals surface area contributed by atoms with Crippen LogP contribution in [-0.4, -0.2) is 53.7 Å². The topological polar surface area (TPSA) is 96.3 Å². The number of hydrogen-bond acceptors (Lipinski definition) is 6. The van der Waals surface area contributed by atoms with Crippen LogP contribution < -0.4 is 9.47 Å². The van der Waals surface area contributed by atoms with Crippen LogP contribution in [0.2, 0.25) is 0 Å². The summed E-state index contributed by atoms with van der Waals surface area (Å²) in [4.78, 5) is 27.4. The molecule has 0 aliphatic carbocycles. The fourth-order valence-electron chi connectivity index (χ4n) is 3.69. The fraction of sp³-hybridized carbons (Fsp3) is 0.333. The first kappa shape index (κ1) is 23.8. The normalized spacial score (nSPS) is 17.6. The van der Waals surface area contributed by atoms with Crippen molar-refractivity contribution < 1.29 is 29.3 Å². The average molecular weight is 504 g/mol. The number of likely N-dealkylation sites (tertiary alicyclic amines) is 1. The first-order valence-electron chi connectivity index (χ1n) is 10.4. The van der Waals surface area contributed by atoms with Gasteiger partial charge < -0.3 is 24.6 Å². The number of halogens is 1. The smallest absolute Gasteiger partial charge is 0.295 e. The van der Waals surface area contributed by atoms with Gasteiger partial charge in [0.15, 0.2) is 0 Å². The van der Waals surface area contributed by atoms with Gasteiger partial charge in [-0.2, -0.15) is 0 Å². The summed E-state index contributed by atoms with van der Waals surface area (Å²) in [6, 6.07) is 11.2. The van der Waals surface area contributed by atoms with Gasteiger partial charge in [-0.3, -0.25) is 9.59 Å². The van der Waals surface area contributed by atoms with Crippen molar-refractivity contribution in [3.8, 4) is 11.5 Å². The van der Waals surface area contributed by atoms with Crippen molar-refractivity contribution in [2.45, 2.75) is 25.8 Å². The molecule has 1 saturated heterocycles. The van der Waals surface area contributed by atoms with Gasteiger partial charge >= 0.3 is 0 Å². The third-order valence-corrected chi connectivity index (χ3v) is 5.87. The Labute approximate surface area is 195 Å². The lowest BCUT2D eigenvalue weighted by Gasteiger charge is -2.25. The van der Waals surface area contributed by atoms with Crippen molar-refractivity contribution in [3.05, 3.63) is 63.6 Å². The van der Waals surface area contributed by atoms with E-state index in [-0.39, 0.29) is 24.5 Å². The Morgan fingerprint density at radius 3 is 2.62 bits per heavy atom. The summed E-state index contributed by atoms with van der Waals surface area (Å²) in [5.41, 5.74) is 1.07. The van der Waals surface area contributed by atoms with E-state index in [4.69, 9.17) is 14.6 Å². The monoisotopic (exact) mass is 503 g/mol. The van der Waals surface area contributed by atoms with Crippen molar-refractivity contribution in [1.29, 1.82) is 0 Å². The van der Waals surface area contributed by atoms with Crippen molar-refractivity contribution in [2.24, 2.45) is 0 Å². The van der Waals surface area contributed by atoms with Crippen LogP contribution in [0.25, 0.3) is 5.76 Å². The van der Waals surface area contributed by atoms with Crippen molar-refractivity contribution in [3.63, 3.8) is 0 Å². The van der Waals surface area contributed by atoms with Gasteiger partial charge in [-0.25, -0.2) is 0 Å². The molecule has 1 aliphatic heterocycles. The van der Waals surface area contributed by atoms with Crippen LogP contribution in [0.4, 0.5) is 0 Å². The number of methoxy groups -OCH3 is 1. The van der Waals surface area contributed by atoms with Crippen molar-refractivity contribution >= 4 is 33.4 Å². The molecule has 2 N–H and O–H groups in total. The minimum atomic E-state index is -0.750. The number of rotatable bonds is 9. The molecule has 1 amide bonds. The van der Waals surface area contributed by atoms with Gasteiger partial charge in [0, 0.05) is 12.1 Å². The molecule has 0 spiro atoms. The first-order chi connectivity index (χ1) is 15.4. The molecule has 1 aliphatic rings. The largest absolute Gasteiger partial charge is 0.507 e. The number of hydrogen-bond donors (Lipinski definition) is 2. The minimum Gasteiger partial charge on any atom is -0.507 e. The van der Waals surface area contributed by atoms with Gasteiger partial charge in [-0.05, 0) is 58.2 Å². The highest BCUT2D eigenvalue weighted by Gasteiger charge is 2.45. The van der Waals surface area contributed by atoms with Crippen LogP contribution in [-0.2, 0) is 9.59 Å². The maximum Gasteiger partial charge on any atom is 0.295 e. The van der Waals surface area contributed by atoms with Gasteiger partial charge in [0.25, 0.3) is 11.7 Å². The molecule has 8 heteroatoms. The summed E-state index contributed by atoms with van der Waals surface area (Å²) < 4.78 is 11.4. The number of Topliss-reactive ketones (excluding diaryl/α,β-unsaturated/α-hetero) is 1. The predicted molar refractivity (Wildman–Crippen MR) is 124 cm³/mol. The van der Waals surface area contributed by atoms with Crippen LogP contribution in [0, 0.1) is 0 Å². The Bertz CT molecular complexity index is 1030. The van der Waals surface area contributed by atoms with Crippen LogP contribution in [0.5, 0.6) is 11.5 Å². The molecule has 1 fully saturated rings. The number of amides is 1. The van der Waals surface area contributed by atoms with Gasteiger partial charge in [0.05, 0.1) is 29.8 Å². The molecule has 170 valence electrons. The van der Waals surface area contributed by atoms with Gasteiger partial charge in [0.1, 0.15) is 23.9 Å². The Balaban J connectivity index is 2.13. The summed E-state index contributed by atoms with van der Waals surface area (Å²) >= 11 is 3.39. The first-order valence-corrected chi connectivity index (χ1v) is 11.2. The summed E-state index contributed by atoms with van der Waals surface area (Å²) in [5.74, 6) is -0.533. The highest BCUT2D eigenvalue weighted by molar-refractivity contribution is 9.10. The molecule has 7 nitrogen and oxygen atoms in total. The number of ether oxygens (including phenoxy) is 2. The SMILES string of the molecule is CCCCN1C(=O)C(=O)/C(=C(/O)c2ccc(OC)c(Br)c2)C1c1cccc(OCCO)c1. The molecule has 3 rings (SSSR count). The van der Waals surface area contributed by atoms with E-state index < -0.39 is 17.7 Å². The number of unbranched alkanes of at least 4 members (excludes halogenated alkanes) is 1. The molecule has 1 atom stereocenters. The highest BCUT2D eigenvalue weighted by atomic mass is 79.9. The molecule has 1 unspecified atom stereocenters. The molecule has 2 aromatic carbocycles. The Morgan fingerprint density at radius 2 is 1.97 bits per heavy atom. The number of ketones is 1. The molecule has 0 bridgehead atoms. The van der Waals surface area contributed by atoms with E-state index in [1.165, 1.54) is 12.0 Å². The Kier molecular flexibility index (Phi) is 7.93. The van der Waals surface area contributed by atoms with Crippen molar-refractivity contribution in [1.82, 2.24) is 4.90 Å². The summed E-state index contributed by atoms with van der Waals surface area (Å²) in [6.07, 6.45) is 1.57. The van der Waals surface area contributed by atoms with Gasteiger partial charge in [-0.15, -0.1) is 0 Å². The number of nitrogens with zero attached hydrogens (tertiary/aromatic N) is 1. The predicted octanol–water partition coefficient (Wildman–Crippen LogP) is 4.05. The second-order valence-electron chi connectivity index (χ2n) is 7.34. The lowest BCUT2D eigenvalue weighted by atomic mass is 9.95. The zero-order valence-electron chi connectivity index (χ0n) is 18.0. The average Bonchev–Trinajstić information content (AvgIpc) is 3.05. The Morgan fingerprint density at radius 1 is 1.19 bits per heavy atom. The maximum atomic E-state index is 13.0. The van der Waals surface area contributed by atoms with E-state index in [9.17, 15) is 14.7 Å². The second kappa shape index (κ2) is 10.7. The van der Waals surface area contributed by atoms with Crippen molar-refractivity contribution in [2.75, 3.05) is 26.9 Å². The van der Waals surface area contributed by atoms with Crippen LogP contribution in [0.3, 0.4) is 0 Å². The maximum absolute atomic E-state index is 13.0. The number of aliphatic hydroxyl groups excluding tert-OH is 2. The Hall–Kier alpha value is -2.84. The van der Waals surface area contributed by atoms with Gasteiger partial charge in [0.2, 0.25) is 0 Å². The minimum absolute atomic E-state index is 0.0301. The lowest BCUT2D eigenvalue weighted by Crippen LogP contribution is -2.30. The third-order valence-electron chi connectivity index (χ3n) is 5.25. The molecule has 32 heavy (non-hydrogen) atoms. The molecule has 0 saturated carbocycles. The molecule has 2 aromatic rings. The number of carbonyl (C=O) groups is 2. The van der Waals surface area contributed by atoms with E-state index in [1.807, 2.05) is 6.92 Å². The van der Waals surface area contributed by atoms with E-state index in [0.29, 0.717) is 33.6 Å². The van der Waals surface area contributed by atoms with Crippen LogP contribution in [0.15, 0.2) is 52.5 Å². The lowest BCUT2D eigenvalue weighted by molar-refractivity contribution is -0.139. The van der Waals surface area contributed by atoms with Gasteiger partial charge in [-0.1, -0.05) is 25.5 Å². The second-order valence-corrected chi connectivity index (χ2v) is 8.19. The molecular formula is C24H26BrNO6. The number of carbonyl (C=O) groups excluding carboxylic acids is 2. The zero-order chi connectivity index (χ0) is 23.3. The molecule has 1 heterocycles. The van der Waals surface area contributed by atoms with Crippen LogP contribution >= 0.6 is 15.9 Å². The highest BCUT2D eigenvalue weighted by Crippen LogP contribution is 2.41. The molecule has 0 radical (unpaired) electrons. The summed E-state index contributed by atoms with van der Waals surface area (Å²) in [6.45, 7) is 2.38. The third kappa shape index (κ3) is 4.81. The van der Waals surface area contributed by atoms with E-state index in [1.54, 1.807) is 42.5 Å². The van der Waals surface area contributed by atoms with E-state index >= 15 is 0 Å². The number of benzene rings is 2. The van der Waals surface area contributed by atoms with E-state index in [2.05, 4.69) is 15.9 Å². The fourth-order valence-corrected chi connectivity index (χ4v) is 4.23. The van der Waals surface area contributed by atoms with E-state index in [0.717, 1.165) is 12.8 Å². The zero-order valence-corrected chi connectivity index (χ0v) is 19.6. The quantitative estimate of drug-likeness (QED) is 0.304. The number of aliphatic hydroxyl groups is 2. The standard InChI is InChI=1S/C24H26BrNO6/c1-3-4-10-26-21(15-6-5-7-17(13-15)32-12-11-27)20(23(29)24(26)30)22(28)16-8-9-19(31-2)18(25)14-16/h5-9,13-14,21,27-28H,3-4,10-12H2,1-2H3/b22-20+.